The van der Waals surface area contributed by atoms with Gasteiger partial charge in [0.1, 0.15) is 5.75 Å². The molecule has 2 rings (SSSR count). The van der Waals surface area contributed by atoms with Crippen molar-refractivity contribution < 1.29 is 4.74 Å². The molecule has 0 aliphatic heterocycles. The summed E-state index contributed by atoms with van der Waals surface area (Å²) in [5.41, 5.74) is 2.54. The van der Waals surface area contributed by atoms with Crippen LogP contribution in [-0.2, 0) is 13.0 Å². The van der Waals surface area contributed by atoms with Crippen molar-refractivity contribution in [3.8, 4) is 5.75 Å². The average molecular weight is 259 g/mol. The minimum absolute atomic E-state index is 0.483. The molecular weight excluding hydrogens is 238 g/mol. The van der Waals surface area contributed by atoms with Gasteiger partial charge in [0.2, 0.25) is 0 Å². The number of methoxy groups -OCH3 is 1. The summed E-state index contributed by atoms with van der Waals surface area (Å²) in [5, 5.41) is 10.2. The normalized spacial score (nSPS) is 12.3. The number of aryl methyl sites for hydroxylation is 1. The van der Waals surface area contributed by atoms with Crippen molar-refractivity contribution >= 4 is 0 Å². The van der Waals surface area contributed by atoms with Crippen molar-refractivity contribution in [2.24, 2.45) is 0 Å². The van der Waals surface area contributed by atoms with Gasteiger partial charge in [-0.3, -0.25) is 5.10 Å². The van der Waals surface area contributed by atoms with Crippen LogP contribution in [0, 0.1) is 0 Å². The Balaban J connectivity index is 1.71. The van der Waals surface area contributed by atoms with Gasteiger partial charge in [-0.05, 0) is 37.5 Å². The van der Waals surface area contributed by atoms with Gasteiger partial charge in [0.25, 0.3) is 0 Å². The molecule has 1 aromatic carbocycles. The van der Waals surface area contributed by atoms with E-state index in [9.17, 15) is 0 Å². The van der Waals surface area contributed by atoms with Crippen LogP contribution in [-0.4, -0.2) is 23.3 Å². The number of ether oxygens (including phenoxy) is 1. The van der Waals surface area contributed by atoms with Gasteiger partial charge in [-0.2, -0.15) is 5.10 Å². The third kappa shape index (κ3) is 4.41. The third-order valence-electron chi connectivity index (χ3n) is 3.23. The first-order chi connectivity index (χ1) is 9.28. The minimum atomic E-state index is 0.483. The van der Waals surface area contributed by atoms with Crippen molar-refractivity contribution in [2.75, 3.05) is 7.11 Å². The van der Waals surface area contributed by atoms with E-state index in [0.717, 1.165) is 25.1 Å². The molecule has 102 valence electrons. The first-order valence-electron chi connectivity index (χ1n) is 6.62. The lowest BCUT2D eigenvalue weighted by Gasteiger charge is -2.13. The van der Waals surface area contributed by atoms with E-state index in [1.807, 2.05) is 24.5 Å². The number of benzene rings is 1. The lowest BCUT2D eigenvalue weighted by atomic mass is 10.1. The van der Waals surface area contributed by atoms with Gasteiger partial charge in [0, 0.05) is 24.3 Å². The summed E-state index contributed by atoms with van der Waals surface area (Å²) in [7, 11) is 1.69. The third-order valence-corrected chi connectivity index (χ3v) is 3.23. The first-order valence-corrected chi connectivity index (χ1v) is 6.62. The molecule has 0 fully saturated rings. The Labute approximate surface area is 114 Å². The number of H-pyrrole nitrogens is 1. The molecule has 1 aromatic heterocycles. The highest BCUT2D eigenvalue weighted by Gasteiger charge is 2.03. The van der Waals surface area contributed by atoms with Crippen molar-refractivity contribution in [1.29, 1.82) is 0 Å². The van der Waals surface area contributed by atoms with Gasteiger partial charge in [-0.1, -0.05) is 12.1 Å². The molecule has 0 saturated carbocycles. The molecule has 4 nitrogen and oxygen atoms in total. The molecule has 19 heavy (non-hydrogen) atoms. The van der Waals surface area contributed by atoms with Gasteiger partial charge >= 0.3 is 0 Å². The number of hydrogen-bond acceptors (Lipinski definition) is 3. The highest BCUT2D eigenvalue weighted by atomic mass is 16.5. The fourth-order valence-corrected chi connectivity index (χ4v) is 1.94. The maximum absolute atomic E-state index is 5.15. The Morgan fingerprint density at radius 1 is 1.26 bits per heavy atom. The highest BCUT2D eigenvalue weighted by Crippen LogP contribution is 2.13. The lowest BCUT2D eigenvalue weighted by Crippen LogP contribution is -2.25. The zero-order valence-electron chi connectivity index (χ0n) is 11.5. The summed E-state index contributed by atoms with van der Waals surface area (Å²) < 4.78 is 5.15. The predicted molar refractivity (Wildman–Crippen MR) is 76.2 cm³/mol. The standard InChI is InChI=1S/C15H21N3O/c1-12(16-9-14-10-17-18-11-14)3-4-13-5-7-15(19-2)8-6-13/h5-8,10-12,16H,3-4,9H2,1-2H3,(H,17,18). The van der Waals surface area contributed by atoms with Gasteiger partial charge < -0.3 is 10.1 Å². The van der Waals surface area contributed by atoms with Crippen molar-refractivity contribution in [1.82, 2.24) is 15.5 Å². The van der Waals surface area contributed by atoms with E-state index in [1.165, 1.54) is 11.1 Å². The van der Waals surface area contributed by atoms with E-state index in [2.05, 4.69) is 34.6 Å². The number of rotatable bonds is 7. The number of aromatic amines is 1. The number of nitrogens with one attached hydrogen (secondary N) is 2. The monoisotopic (exact) mass is 259 g/mol. The SMILES string of the molecule is COc1ccc(CCC(C)NCc2cn[nH]c2)cc1. The maximum atomic E-state index is 5.15. The summed E-state index contributed by atoms with van der Waals surface area (Å²) in [4.78, 5) is 0. The van der Waals surface area contributed by atoms with Gasteiger partial charge in [0.05, 0.1) is 13.3 Å². The summed E-state index contributed by atoms with van der Waals surface area (Å²) in [6.07, 6.45) is 5.96. The molecule has 4 heteroatoms. The molecular formula is C15H21N3O. The zero-order valence-corrected chi connectivity index (χ0v) is 11.5. The summed E-state index contributed by atoms with van der Waals surface area (Å²) in [6.45, 7) is 3.07. The number of hydrogen-bond donors (Lipinski definition) is 2. The summed E-state index contributed by atoms with van der Waals surface area (Å²) >= 11 is 0. The van der Waals surface area contributed by atoms with Crippen molar-refractivity contribution in [2.45, 2.75) is 32.4 Å². The van der Waals surface area contributed by atoms with E-state index in [4.69, 9.17) is 4.74 Å². The molecule has 2 N–H and O–H groups in total. The van der Waals surface area contributed by atoms with Crippen LogP contribution in [0.2, 0.25) is 0 Å². The second-order valence-corrected chi connectivity index (χ2v) is 4.78. The molecule has 0 aliphatic carbocycles. The van der Waals surface area contributed by atoms with Crippen LogP contribution in [0.5, 0.6) is 5.75 Å². The molecule has 2 aromatic rings. The van der Waals surface area contributed by atoms with E-state index in [0.29, 0.717) is 6.04 Å². The summed E-state index contributed by atoms with van der Waals surface area (Å²) in [5.74, 6) is 0.912. The lowest BCUT2D eigenvalue weighted by molar-refractivity contribution is 0.414. The average Bonchev–Trinajstić information content (AvgIpc) is 2.96. The molecule has 0 bridgehead atoms. The molecule has 0 radical (unpaired) electrons. The Morgan fingerprint density at radius 2 is 2.05 bits per heavy atom. The van der Waals surface area contributed by atoms with Crippen molar-refractivity contribution in [3.63, 3.8) is 0 Å². The van der Waals surface area contributed by atoms with Crippen LogP contribution in [0.3, 0.4) is 0 Å². The molecule has 0 aliphatic rings. The van der Waals surface area contributed by atoms with E-state index >= 15 is 0 Å². The Bertz CT molecular complexity index is 465. The van der Waals surface area contributed by atoms with Crippen LogP contribution in [0.4, 0.5) is 0 Å². The fourth-order valence-electron chi connectivity index (χ4n) is 1.94. The van der Waals surface area contributed by atoms with E-state index in [-0.39, 0.29) is 0 Å². The molecule has 1 atom stereocenters. The van der Waals surface area contributed by atoms with Gasteiger partial charge in [0.15, 0.2) is 0 Å². The van der Waals surface area contributed by atoms with Crippen LogP contribution < -0.4 is 10.1 Å². The molecule has 1 unspecified atom stereocenters. The minimum Gasteiger partial charge on any atom is -0.497 e. The quantitative estimate of drug-likeness (QED) is 0.803. The molecule has 1 heterocycles. The molecule has 0 amide bonds. The maximum Gasteiger partial charge on any atom is 0.118 e. The molecule has 0 spiro atoms. The highest BCUT2D eigenvalue weighted by molar-refractivity contribution is 5.27. The number of nitrogens with zero attached hydrogens (tertiary/aromatic N) is 1. The van der Waals surface area contributed by atoms with Gasteiger partial charge in [-0.15, -0.1) is 0 Å². The predicted octanol–water partition coefficient (Wildman–Crippen LogP) is 2.53. The topological polar surface area (TPSA) is 49.9 Å². The first kappa shape index (κ1) is 13.6. The second-order valence-electron chi connectivity index (χ2n) is 4.78. The zero-order chi connectivity index (χ0) is 13.5. The van der Waals surface area contributed by atoms with Crippen LogP contribution in [0.25, 0.3) is 0 Å². The Morgan fingerprint density at radius 3 is 2.68 bits per heavy atom. The van der Waals surface area contributed by atoms with E-state index in [1.54, 1.807) is 7.11 Å². The van der Waals surface area contributed by atoms with E-state index < -0.39 is 0 Å². The smallest absolute Gasteiger partial charge is 0.118 e. The number of aromatic nitrogens is 2. The van der Waals surface area contributed by atoms with Crippen LogP contribution in [0.1, 0.15) is 24.5 Å². The summed E-state index contributed by atoms with van der Waals surface area (Å²) in [6, 6.07) is 8.76. The van der Waals surface area contributed by atoms with Crippen molar-refractivity contribution in [3.05, 3.63) is 47.8 Å². The second kappa shape index (κ2) is 6.95. The van der Waals surface area contributed by atoms with Crippen LogP contribution >= 0.6 is 0 Å². The Kier molecular flexibility index (Phi) is 4.98. The Hall–Kier alpha value is -1.81. The largest absolute Gasteiger partial charge is 0.497 e. The van der Waals surface area contributed by atoms with Gasteiger partial charge in [-0.25, -0.2) is 0 Å². The fraction of sp³-hybridized carbons (Fsp3) is 0.400. The molecule has 0 saturated heterocycles. The van der Waals surface area contributed by atoms with Crippen LogP contribution in [0.15, 0.2) is 36.7 Å².